The molecule has 3 N–H and O–H groups in total. The number of nitrogens with one attached hydrogen (secondary N) is 3. The van der Waals surface area contributed by atoms with Gasteiger partial charge in [0.1, 0.15) is 17.5 Å². The summed E-state index contributed by atoms with van der Waals surface area (Å²) in [6.45, 7) is 3.94. The molecular weight excluding hydrogens is 364 g/mol. The predicted octanol–water partition coefficient (Wildman–Crippen LogP) is 3.43. The fourth-order valence-electron chi connectivity index (χ4n) is 3.65. The van der Waals surface area contributed by atoms with Crippen molar-refractivity contribution in [1.82, 2.24) is 20.2 Å². The summed E-state index contributed by atoms with van der Waals surface area (Å²) < 4.78 is 0. The molecule has 0 spiro atoms. The van der Waals surface area contributed by atoms with Crippen LogP contribution in [-0.2, 0) is 0 Å². The van der Waals surface area contributed by atoms with Gasteiger partial charge in [0.15, 0.2) is 6.29 Å². The molecule has 1 saturated heterocycles. The van der Waals surface area contributed by atoms with Gasteiger partial charge >= 0.3 is 0 Å². The van der Waals surface area contributed by atoms with Gasteiger partial charge in [0.05, 0.1) is 5.56 Å². The average molecular weight is 395 g/mol. The molecule has 1 unspecified atom stereocenters. The van der Waals surface area contributed by atoms with Gasteiger partial charge in [0, 0.05) is 25.8 Å². The second-order valence-electron chi connectivity index (χ2n) is 7.43. The van der Waals surface area contributed by atoms with Crippen molar-refractivity contribution in [3.05, 3.63) is 47.3 Å². The van der Waals surface area contributed by atoms with E-state index in [0.29, 0.717) is 23.2 Å². The second kappa shape index (κ2) is 10.0. The molecule has 0 radical (unpaired) electrons. The number of hydrogen-bond donors (Lipinski definition) is 3. The Labute approximate surface area is 172 Å². The molecule has 2 aromatic heterocycles. The first kappa shape index (κ1) is 20.8. The summed E-state index contributed by atoms with van der Waals surface area (Å²) in [5.41, 5.74) is 2.46. The number of aryl methyl sites for hydroxylation is 1. The molecule has 154 valence electrons. The Morgan fingerprint density at radius 2 is 2.17 bits per heavy atom. The van der Waals surface area contributed by atoms with E-state index >= 15 is 0 Å². The van der Waals surface area contributed by atoms with E-state index in [1.807, 2.05) is 38.2 Å². The standard InChI is InChI=1S/C22H30N6O/c1-16-6-10-24-20(13-16)26-21-14-17(7-9-23-2)19(15-29)22(27-21)25-11-8-18-5-4-12-28(18)3/h6-7,9-10,13-15,18,23H,4-5,8,11-12H2,1-3H3,(H2,24,25,26,27)/b9-7-. The number of carbonyl (C=O) groups excluding carboxylic acids is 1. The fraction of sp³-hybridized carbons (Fsp3) is 0.409. The highest BCUT2D eigenvalue weighted by atomic mass is 16.1. The van der Waals surface area contributed by atoms with Crippen LogP contribution in [0.25, 0.3) is 6.08 Å². The number of likely N-dealkylation sites (tertiary alicyclic amines) is 1. The van der Waals surface area contributed by atoms with Crippen molar-refractivity contribution in [2.45, 2.75) is 32.2 Å². The Morgan fingerprint density at radius 1 is 1.31 bits per heavy atom. The molecule has 0 saturated carbocycles. The molecule has 7 nitrogen and oxygen atoms in total. The van der Waals surface area contributed by atoms with Gasteiger partial charge in [-0.05, 0) is 81.4 Å². The van der Waals surface area contributed by atoms with Gasteiger partial charge < -0.3 is 20.9 Å². The first-order valence-corrected chi connectivity index (χ1v) is 10.1. The molecule has 1 atom stereocenters. The molecule has 0 amide bonds. The van der Waals surface area contributed by atoms with E-state index in [2.05, 4.69) is 37.9 Å². The zero-order valence-electron chi connectivity index (χ0n) is 17.4. The number of pyridine rings is 2. The van der Waals surface area contributed by atoms with E-state index in [-0.39, 0.29) is 0 Å². The first-order valence-electron chi connectivity index (χ1n) is 10.1. The third-order valence-electron chi connectivity index (χ3n) is 5.25. The number of anilines is 3. The highest BCUT2D eigenvalue weighted by molar-refractivity contribution is 5.89. The quantitative estimate of drug-likeness (QED) is 0.562. The zero-order valence-corrected chi connectivity index (χ0v) is 17.4. The predicted molar refractivity (Wildman–Crippen MR) is 119 cm³/mol. The Bertz CT molecular complexity index is 866. The van der Waals surface area contributed by atoms with Crippen LogP contribution in [0.15, 0.2) is 30.6 Å². The minimum atomic E-state index is 0.555. The summed E-state index contributed by atoms with van der Waals surface area (Å²) in [6, 6.07) is 6.35. The second-order valence-corrected chi connectivity index (χ2v) is 7.43. The molecular formula is C22H30N6O. The van der Waals surface area contributed by atoms with Crippen molar-refractivity contribution in [3.63, 3.8) is 0 Å². The van der Waals surface area contributed by atoms with Gasteiger partial charge in [0.25, 0.3) is 0 Å². The Kier molecular flexibility index (Phi) is 7.19. The van der Waals surface area contributed by atoms with Gasteiger partial charge in [-0.2, -0.15) is 0 Å². The van der Waals surface area contributed by atoms with Crippen molar-refractivity contribution < 1.29 is 4.79 Å². The zero-order chi connectivity index (χ0) is 20.6. The molecule has 29 heavy (non-hydrogen) atoms. The van der Waals surface area contributed by atoms with Gasteiger partial charge in [-0.25, -0.2) is 9.97 Å². The summed E-state index contributed by atoms with van der Waals surface area (Å²) in [5.74, 6) is 1.96. The van der Waals surface area contributed by atoms with Crippen molar-refractivity contribution in [2.75, 3.05) is 37.8 Å². The van der Waals surface area contributed by atoms with Crippen molar-refractivity contribution in [1.29, 1.82) is 0 Å². The molecule has 2 aromatic rings. The summed E-state index contributed by atoms with van der Waals surface area (Å²) in [4.78, 5) is 23.2. The molecule has 0 aliphatic carbocycles. The molecule has 0 bridgehead atoms. The molecule has 1 fully saturated rings. The van der Waals surface area contributed by atoms with Crippen LogP contribution in [0.3, 0.4) is 0 Å². The lowest BCUT2D eigenvalue weighted by molar-refractivity contribution is 0.112. The van der Waals surface area contributed by atoms with Crippen LogP contribution in [0.4, 0.5) is 17.5 Å². The minimum absolute atomic E-state index is 0.555. The molecule has 0 aromatic carbocycles. The van der Waals surface area contributed by atoms with Gasteiger partial charge in [-0.15, -0.1) is 0 Å². The summed E-state index contributed by atoms with van der Waals surface area (Å²) in [6.07, 6.45) is 9.79. The third kappa shape index (κ3) is 5.54. The number of nitrogens with zero attached hydrogens (tertiary/aromatic N) is 3. The van der Waals surface area contributed by atoms with Crippen molar-refractivity contribution in [3.8, 4) is 0 Å². The number of carbonyl (C=O) groups is 1. The maximum absolute atomic E-state index is 11.8. The molecule has 3 heterocycles. The molecule has 7 heteroatoms. The smallest absolute Gasteiger partial charge is 0.154 e. The number of hydrogen-bond acceptors (Lipinski definition) is 7. The van der Waals surface area contributed by atoms with E-state index in [9.17, 15) is 4.79 Å². The Morgan fingerprint density at radius 3 is 2.86 bits per heavy atom. The van der Waals surface area contributed by atoms with Crippen LogP contribution in [-0.4, -0.2) is 54.4 Å². The third-order valence-corrected chi connectivity index (χ3v) is 5.25. The minimum Gasteiger partial charge on any atom is -0.394 e. The SMILES string of the molecule is CN/C=C\c1cc(Nc2cc(C)ccn2)nc(NCCC2CCCN2C)c1C=O. The molecule has 1 aliphatic rings. The normalized spacial score (nSPS) is 16.9. The van der Waals surface area contributed by atoms with Crippen LogP contribution in [0.1, 0.15) is 40.7 Å². The summed E-state index contributed by atoms with van der Waals surface area (Å²) >= 11 is 0. The number of aldehydes is 1. The molecule has 3 rings (SSSR count). The van der Waals surface area contributed by atoms with Crippen LogP contribution >= 0.6 is 0 Å². The summed E-state index contributed by atoms with van der Waals surface area (Å²) in [5, 5.41) is 9.61. The van der Waals surface area contributed by atoms with E-state index in [4.69, 9.17) is 0 Å². The van der Waals surface area contributed by atoms with E-state index in [1.54, 1.807) is 12.4 Å². The van der Waals surface area contributed by atoms with E-state index in [1.165, 1.54) is 12.8 Å². The van der Waals surface area contributed by atoms with Crippen LogP contribution in [0, 0.1) is 6.92 Å². The lowest BCUT2D eigenvalue weighted by Crippen LogP contribution is -2.27. The van der Waals surface area contributed by atoms with Crippen LogP contribution < -0.4 is 16.0 Å². The topological polar surface area (TPSA) is 82.2 Å². The highest BCUT2D eigenvalue weighted by Gasteiger charge is 2.20. The van der Waals surface area contributed by atoms with Gasteiger partial charge in [-0.3, -0.25) is 4.79 Å². The fourth-order valence-corrected chi connectivity index (χ4v) is 3.65. The monoisotopic (exact) mass is 394 g/mol. The van der Waals surface area contributed by atoms with Crippen molar-refractivity contribution >= 4 is 29.8 Å². The molecule has 1 aliphatic heterocycles. The average Bonchev–Trinajstić information content (AvgIpc) is 3.11. The number of rotatable bonds is 9. The lowest BCUT2D eigenvalue weighted by Gasteiger charge is -2.20. The Hall–Kier alpha value is -2.93. The maximum Gasteiger partial charge on any atom is 0.154 e. The lowest BCUT2D eigenvalue weighted by atomic mass is 10.1. The summed E-state index contributed by atoms with van der Waals surface area (Å²) in [7, 11) is 4.00. The highest BCUT2D eigenvalue weighted by Crippen LogP contribution is 2.24. The van der Waals surface area contributed by atoms with Gasteiger partial charge in [0.2, 0.25) is 0 Å². The van der Waals surface area contributed by atoms with E-state index in [0.717, 1.165) is 42.7 Å². The maximum atomic E-state index is 11.8. The largest absolute Gasteiger partial charge is 0.394 e. The number of aromatic nitrogens is 2. The Balaban J connectivity index is 1.83. The van der Waals surface area contributed by atoms with Crippen LogP contribution in [0.5, 0.6) is 0 Å². The van der Waals surface area contributed by atoms with Crippen LogP contribution in [0.2, 0.25) is 0 Å². The van der Waals surface area contributed by atoms with Gasteiger partial charge in [-0.1, -0.05) is 0 Å². The van der Waals surface area contributed by atoms with Crippen molar-refractivity contribution in [2.24, 2.45) is 0 Å². The van der Waals surface area contributed by atoms with E-state index < -0.39 is 0 Å². The first-order chi connectivity index (χ1) is 14.1.